The van der Waals surface area contributed by atoms with E-state index in [4.69, 9.17) is 4.74 Å². The number of aryl methyl sites for hydroxylation is 1. The normalized spacial score (nSPS) is 10.8. The fourth-order valence-electron chi connectivity index (χ4n) is 1.85. The summed E-state index contributed by atoms with van der Waals surface area (Å²) < 4.78 is 4.99. The summed E-state index contributed by atoms with van der Waals surface area (Å²) in [7, 11) is 1.49. The molecule has 0 saturated carbocycles. The Morgan fingerprint density at radius 2 is 1.87 bits per heavy atom. The molecule has 0 spiro atoms. The Labute approximate surface area is 136 Å². The zero-order valence-electron chi connectivity index (χ0n) is 14.3. The van der Waals surface area contributed by atoms with E-state index in [0.29, 0.717) is 5.56 Å². The largest absolute Gasteiger partial charge is 0.452 e. The third-order valence-electron chi connectivity index (χ3n) is 2.90. The molecular weight excluding hydrogens is 296 g/mol. The fraction of sp³-hybridized carbons (Fsp3) is 0.471. The van der Waals surface area contributed by atoms with Crippen molar-refractivity contribution in [2.45, 2.75) is 33.2 Å². The molecule has 0 bridgehead atoms. The van der Waals surface area contributed by atoms with E-state index in [2.05, 4.69) is 5.32 Å². The number of rotatable bonds is 5. The maximum atomic E-state index is 11.9. The predicted octanol–water partition coefficient (Wildman–Crippen LogP) is 1.52. The summed E-state index contributed by atoms with van der Waals surface area (Å²) >= 11 is 0. The molecule has 0 unspecified atom stereocenters. The highest BCUT2D eigenvalue weighted by Crippen LogP contribution is 2.06. The predicted molar refractivity (Wildman–Crippen MR) is 87.0 cm³/mol. The second kappa shape index (κ2) is 7.76. The number of esters is 1. The number of nitrogens with one attached hydrogen (secondary N) is 1. The van der Waals surface area contributed by atoms with Gasteiger partial charge in [-0.25, -0.2) is 4.79 Å². The quantitative estimate of drug-likeness (QED) is 0.835. The van der Waals surface area contributed by atoms with Gasteiger partial charge in [-0.1, -0.05) is 17.7 Å². The van der Waals surface area contributed by atoms with Gasteiger partial charge in [-0.05, 0) is 39.8 Å². The van der Waals surface area contributed by atoms with Crippen LogP contribution in [0.1, 0.15) is 36.7 Å². The second-order valence-corrected chi connectivity index (χ2v) is 6.49. The van der Waals surface area contributed by atoms with Crippen LogP contribution >= 0.6 is 0 Å². The van der Waals surface area contributed by atoms with Gasteiger partial charge in [0.05, 0.1) is 12.1 Å². The molecule has 126 valence electrons. The third kappa shape index (κ3) is 6.95. The van der Waals surface area contributed by atoms with Crippen LogP contribution in [-0.2, 0) is 14.3 Å². The van der Waals surface area contributed by atoms with E-state index in [1.807, 2.05) is 33.8 Å². The molecule has 6 heteroatoms. The zero-order chi connectivity index (χ0) is 17.6. The first-order chi connectivity index (χ1) is 10.6. The van der Waals surface area contributed by atoms with E-state index in [1.165, 1.54) is 11.9 Å². The second-order valence-electron chi connectivity index (χ2n) is 6.49. The molecule has 0 saturated heterocycles. The zero-order valence-corrected chi connectivity index (χ0v) is 14.3. The van der Waals surface area contributed by atoms with Crippen LogP contribution in [0.25, 0.3) is 0 Å². The lowest BCUT2D eigenvalue weighted by molar-refractivity contribution is -0.137. The number of amides is 2. The number of carbonyl (C=O) groups is 3. The van der Waals surface area contributed by atoms with Crippen molar-refractivity contribution in [1.29, 1.82) is 0 Å². The Hall–Kier alpha value is -2.37. The van der Waals surface area contributed by atoms with E-state index >= 15 is 0 Å². The minimum absolute atomic E-state index is 0.0852. The molecule has 6 nitrogen and oxygen atoms in total. The van der Waals surface area contributed by atoms with Crippen molar-refractivity contribution < 1.29 is 19.1 Å². The van der Waals surface area contributed by atoms with Gasteiger partial charge in [0.1, 0.15) is 0 Å². The molecule has 2 amide bonds. The summed E-state index contributed by atoms with van der Waals surface area (Å²) in [6, 6.07) is 6.92. The van der Waals surface area contributed by atoms with Crippen molar-refractivity contribution >= 4 is 17.8 Å². The lowest BCUT2D eigenvalue weighted by Crippen LogP contribution is -2.46. The van der Waals surface area contributed by atoms with Gasteiger partial charge in [0.25, 0.3) is 5.91 Å². The number of nitrogens with zero attached hydrogens (tertiary/aromatic N) is 1. The maximum Gasteiger partial charge on any atom is 0.338 e. The molecule has 1 N–H and O–H groups in total. The number of hydrogen-bond acceptors (Lipinski definition) is 4. The van der Waals surface area contributed by atoms with Crippen molar-refractivity contribution in [3.8, 4) is 0 Å². The smallest absolute Gasteiger partial charge is 0.338 e. The van der Waals surface area contributed by atoms with Gasteiger partial charge in [-0.15, -0.1) is 0 Å². The minimum Gasteiger partial charge on any atom is -0.452 e. The summed E-state index contributed by atoms with van der Waals surface area (Å²) in [5.41, 5.74) is 0.964. The Morgan fingerprint density at radius 1 is 1.22 bits per heavy atom. The van der Waals surface area contributed by atoms with Gasteiger partial charge in [0, 0.05) is 12.6 Å². The van der Waals surface area contributed by atoms with Gasteiger partial charge in [0.15, 0.2) is 6.61 Å². The van der Waals surface area contributed by atoms with E-state index in [9.17, 15) is 14.4 Å². The van der Waals surface area contributed by atoms with Crippen LogP contribution in [0.5, 0.6) is 0 Å². The van der Waals surface area contributed by atoms with Crippen LogP contribution < -0.4 is 5.32 Å². The molecular formula is C17H24N2O4. The monoisotopic (exact) mass is 320 g/mol. The van der Waals surface area contributed by atoms with Crippen LogP contribution in [-0.4, -0.2) is 48.4 Å². The van der Waals surface area contributed by atoms with E-state index in [-0.39, 0.29) is 18.0 Å². The van der Waals surface area contributed by atoms with Gasteiger partial charge in [0.2, 0.25) is 5.91 Å². The first-order valence-electron chi connectivity index (χ1n) is 7.37. The first kappa shape index (κ1) is 18.7. The molecule has 0 heterocycles. The number of ether oxygens (including phenoxy) is 1. The Balaban J connectivity index is 2.46. The number of likely N-dealkylation sites (N-methyl/N-ethyl adjacent to an activating group) is 1. The summed E-state index contributed by atoms with van der Waals surface area (Å²) in [6.45, 7) is 6.96. The third-order valence-corrected chi connectivity index (χ3v) is 2.90. The lowest BCUT2D eigenvalue weighted by atomic mass is 10.1. The number of hydrogen-bond donors (Lipinski definition) is 1. The highest BCUT2D eigenvalue weighted by Gasteiger charge is 2.19. The standard InChI is InChI=1S/C17H24N2O4/c1-12-7-6-8-13(9-12)16(22)23-11-15(21)19(5)10-14(20)18-17(2,3)4/h6-9H,10-11H2,1-5H3,(H,18,20). The molecule has 23 heavy (non-hydrogen) atoms. The van der Waals surface area contributed by atoms with Crippen molar-refractivity contribution in [3.05, 3.63) is 35.4 Å². The molecule has 1 aromatic rings. The molecule has 0 aromatic heterocycles. The van der Waals surface area contributed by atoms with Gasteiger partial charge in [-0.2, -0.15) is 0 Å². The first-order valence-corrected chi connectivity index (χ1v) is 7.37. The van der Waals surface area contributed by atoms with Crippen LogP contribution in [0.2, 0.25) is 0 Å². The SMILES string of the molecule is Cc1cccc(C(=O)OCC(=O)N(C)CC(=O)NC(C)(C)C)c1. The fourth-order valence-corrected chi connectivity index (χ4v) is 1.85. The molecule has 0 fully saturated rings. The van der Waals surface area contributed by atoms with Gasteiger partial charge < -0.3 is 15.0 Å². The minimum atomic E-state index is -0.561. The Morgan fingerprint density at radius 3 is 2.43 bits per heavy atom. The van der Waals surface area contributed by atoms with Crippen molar-refractivity contribution in [2.75, 3.05) is 20.2 Å². The van der Waals surface area contributed by atoms with E-state index in [1.54, 1.807) is 18.2 Å². The van der Waals surface area contributed by atoms with E-state index < -0.39 is 18.5 Å². The van der Waals surface area contributed by atoms with E-state index in [0.717, 1.165) is 5.56 Å². The molecule has 0 aliphatic rings. The molecule has 1 aromatic carbocycles. The van der Waals surface area contributed by atoms with Crippen molar-refractivity contribution in [2.24, 2.45) is 0 Å². The molecule has 0 atom stereocenters. The summed E-state index contributed by atoms with van der Waals surface area (Å²) in [4.78, 5) is 36.8. The van der Waals surface area contributed by atoms with Crippen LogP contribution in [0, 0.1) is 6.92 Å². The Kier molecular flexibility index (Phi) is 6.30. The maximum absolute atomic E-state index is 11.9. The lowest BCUT2D eigenvalue weighted by Gasteiger charge is -2.23. The Bertz CT molecular complexity index is 591. The summed E-state index contributed by atoms with van der Waals surface area (Å²) in [5.74, 6) is -1.26. The molecule has 0 aliphatic carbocycles. The van der Waals surface area contributed by atoms with Crippen molar-refractivity contribution in [3.63, 3.8) is 0 Å². The summed E-state index contributed by atoms with van der Waals surface area (Å²) in [5, 5.41) is 2.76. The topological polar surface area (TPSA) is 75.7 Å². The average Bonchev–Trinajstić information content (AvgIpc) is 2.42. The highest BCUT2D eigenvalue weighted by molar-refractivity contribution is 5.92. The summed E-state index contributed by atoms with van der Waals surface area (Å²) in [6.07, 6.45) is 0. The highest BCUT2D eigenvalue weighted by atomic mass is 16.5. The van der Waals surface area contributed by atoms with Gasteiger partial charge in [-0.3, -0.25) is 9.59 Å². The number of benzene rings is 1. The van der Waals surface area contributed by atoms with Gasteiger partial charge >= 0.3 is 5.97 Å². The van der Waals surface area contributed by atoms with Crippen LogP contribution in [0.4, 0.5) is 0 Å². The van der Waals surface area contributed by atoms with Crippen LogP contribution in [0.3, 0.4) is 0 Å². The molecule has 0 aliphatic heterocycles. The van der Waals surface area contributed by atoms with Crippen molar-refractivity contribution in [1.82, 2.24) is 10.2 Å². The molecule has 0 radical (unpaired) electrons. The molecule has 1 rings (SSSR count). The van der Waals surface area contributed by atoms with Crippen LogP contribution in [0.15, 0.2) is 24.3 Å². The average molecular weight is 320 g/mol. The number of carbonyl (C=O) groups excluding carboxylic acids is 3.